The van der Waals surface area contributed by atoms with E-state index in [4.69, 9.17) is 20.2 Å². The molecule has 1 aliphatic rings. The van der Waals surface area contributed by atoms with Gasteiger partial charge in [0.2, 0.25) is 0 Å². The number of pyridine rings is 1. The Balaban J connectivity index is 1.72. The summed E-state index contributed by atoms with van der Waals surface area (Å²) in [5.41, 5.74) is 10.5. The Morgan fingerprint density at radius 3 is 2.54 bits per heavy atom. The van der Waals surface area contributed by atoms with E-state index in [0.29, 0.717) is 0 Å². The van der Waals surface area contributed by atoms with Crippen molar-refractivity contribution in [1.29, 1.82) is 0 Å². The van der Waals surface area contributed by atoms with Crippen molar-refractivity contribution in [3.8, 4) is 11.5 Å². The van der Waals surface area contributed by atoms with Crippen molar-refractivity contribution in [3.05, 3.63) is 52.0 Å². The molecule has 0 atom stereocenters. The predicted octanol–water partition coefficient (Wildman–Crippen LogP) is 4.16. The van der Waals surface area contributed by atoms with Crippen LogP contribution in [-0.2, 0) is 13.0 Å². The zero-order valence-electron chi connectivity index (χ0n) is 14.8. The van der Waals surface area contributed by atoms with Gasteiger partial charge in [-0.2, -0.15) is 0 Å². The first-order valence-electron chi connectivity index (χ1n) is 8.43. The molecule has 3 aromatic rings. The molecule has 2 aromatic carbocycles. The van der Waals surface area contributed by atoms with Gasteiger partial charge in [-0.25, -0.2) is 4.98 Å². The number of aromatic nitrogens is 1. The molecule has 1 aromatic heterocycles. The zero-order chi connectivity index (χ0) is 18.3. The lowest BCUT2D eigenvalue weighted by Crippen LogP contribution is -2.20. The summed E-state index contributed by atoms with van der Waals surface area (Å²) >= 11 is 3.51. The van der Waals surface area contributed by atoms with Crippen LogP contribution in [0.5, 0.6) is 11.5 Å². The number of halogens is 1. The van der Waals surface area contributed by atoms with Gasteiger partial charge in [0.05, 0.1) is 19.7 Å². The van der Waals surface area contributed by atoms with E-state index in [-0.39, 0.29) is 0 Å². The van der Waals surface area contributed by atoms with Crippen molar-refractivity contribution in [2.45, 2.75) is 13.0 Å². The smallest absolute Gasteiger partial charge is 0.134 e. The van der Waals surface area contributed by atoms with Crippen LogP contribution in [0.15, 0.2) is 40.9 Å². The molecule has 0 aliphatic carbocycles. The molecule has 2 N–H and O–H groups in total. The maximum atomic E-state index is 6.46. The highest BCUT2D eigenvalue weighted by Gasteiger charge is 2.25. The molecular weight excluding hydrogens is 394 g/mol. The van der Waals surface area contributed by atoms with E-state index >= 15 is 0 Å². The third kappa shape index (κ3) is 2.94. The van der Waals surface area contributed by atoms with Crippen LogP contribution in [-0.4, -0.2) is 25.7 Å². The van der Waals surface area contributed by atoms with Gasteiger partial charge < -0.3 is 20.1 Å². The van der Waals surface area contributed by atoms with Crippen LogP contribution in [0.1, 0.15) is 11.1 Å². The van der Waals surface area contributed by atoms with Crippen LogP contribution in [0.4, 0.5) is 11.5 Å². The molecule has 1 aliphatic heterocycles. The van der Waals surface area contributed by atoms with Crippen molar-refractivity contribution < 1.29 is 9.47 Å². The first-order valence-corrected chi connectivity index (χ1v) is 9.23. The number of ether oxygens (including phenoxy) is 2. The number of methoxy groups -OCH3 is 2. The lowest BCUT2D eigenvalue weighted by atomic mass is 10.1. The quantitative estimate of drug-likeness (QED) is 0.695. The molecule has 6 heteroatoms. The standard InChI is InChI=1S/C20H20BrN3O2/c1-25-14-7-12(8-15(10-14)26-2)11-24-6-5-16-19(22)17-9-13(21)3-4-18(17)23-20(16)24/h3-4,7-10H,5-6,11H2,1-2H3,(H2,22,23). The largest absolute Gasteiger partial charge is 0.497 e. The number of anilines is 2. The van der Waals surface area contributed by atoms with Gasteiger partial charge in [-0.05, 0) is 42.3 Å². The zero-order valence-corrected chi connectivity index (χ0v) is 16.3. The lowest BCUT2D eigenvalue weighted by molar-refractivity contribution is 0.393. The van der Waals surface area contributed by atoms with E-state index in [1.165, 1.54) is 0 Å². The SMILES string of the molecule is COc1cc(CN2CCc3c2nc2ccc(Br)cc2c3N)cc(OC)c1. The second kappa shape index (κ2) is 6.68. The monoisotopic (exact) mass is 413 g/mol. The Bertz CT molecular complexity index is 968. The fraction of sp³-hybridized carbons (Fsp3) is 0.250. The summed E-state index contributed by atoms with van der Waals surface area (Å²) in [4.78, 5) is 7.15. The molecule has 0 bridgehead atoms. The maximum absolute atomic E-state index is 6.46. The van der Waals surface area contributed by atoms with E-state index in [1.54, 1.807) is 14.2 Å². The van der Waals surface area contributed by atoms with Gasteiger partial charge in [0.15, 0.2) is 0 Å². The number of benzene rings is 2. The summed E-state index contributed by atoms with van der Waals surface area (Å²) in [7, 11) is 3.33. The van der Waals surface area contributed by atoms with Gasteiger partial charge in [0, 0.05) is 40.3 Å². The second-order valence-electron chi connectivity index (χ2n) is 6.38. The van der Waals surface area contributed by atoms with Crippen molar-refractivity contribution in [1.82, 2.24) is 4.98 Å². The summed E-state index contributed by atoms with van der Waals surface area (Å²) in [6, 6.07) is 12.0. The van der Waals surface area contributed by atoms with Gasteiger partial charge in [0.25, 0.3) is 0 Å². The van der Waals surface area contributed by atoms with Gasteiger partial charge in [-0.15, -0.1) is 0 Å². The van der Waals surface area contributed by atoms with Gasteiger partial charge in [-0.3, -0.25) is 0 Å². The molecule has 5 nitrogen and oxygen atoms in total. The van der Waals surface area contributed by atoms with Crippen LogP contribution in [0, 0.1) is 0 Å². The molecule has 0 radical (unpaired) electrons. The second-order valence-corrected chi connectivity index (χ2v) is 7.30. The molecule has 0 spiro atoms. The number of nitrogen functional groups attached to an aromatic ring is 1. The average Bonchev–Trinajstić information content (AvgIpc) is 3.05. The van der Waals surface area contributed by atoms with Crippen LogP contribution >= 0.6 is 15.9 Å². The summed E-state index contributed by atoms with van der Waals surface area (Å²) < 4.78 is 11.8. The van der Waals surface area contributed by atoms with E-state index in [2.05, 4.69) is 20.8 Å². The highest BCUT2D eigenvalue weighted by Crippen LogP contribution is 2.37. The molecule has 2 heterocycles. The third-order valence-corrected chi connectivity index (χ3v) is 5.28. The van der Waals surface area contributed by atoms with Crippen LogP contribution in [0.3, 0.4) is 0 Å². The molecule has 0 amide bonds. The molecule has 134 valence electrons. The minimum atomic E-state index is 0.731. The van der Waals surface area contributed by atoms with Gasteiger partial charge >= 0.3 is 0 Å². The Morgan fingerprint density at radius 1 is 1.12 bits per heavy atom. The predicted molar refractivity (Wildman–Crippen MR) is 108 cm³/mol. The Labute approximate surface area is 160 Å². The third-order valence-electron chi connectivity index (χ3n) is 4.79. The van der Waals surface area contributed by atoms with Gasteiger partial charge in [-0.1, -0.05) is 15.9 Å². The Hall–Kier alpha value is -2.47. The summed E-state index contributed by atoms with van der Waals surface area (Å²) in [6.07, 6.45) is 0.901. The topological polar surface area (TPSA) is 60.6 Å². The summed E-state index contributed by atoms with van der Waals surface area (Å²) in [5.74, 6) is 2.54. The normalized spacial score (nSPS) is 13.1. The van der Waals surface area contributed by atoms with E-state index < -0.39 is 0 Å². The van der Waals surface area contributed by atoms with E-state index in [9.17, 15) is 0 Å². The highest BCUT2D eigenvalue weighted by molar-refractivity contribution is 9.10. The Kier molecular flexibility index (Phi) is 4.36. The number of hydrogen-bond acceptors (Lipinski definition) is 5. The van der Waals surface area contributed by atoms with Gasteiger partial charge in [0.1, 0.15) is 17.3 Å². The first-order chi connectivity index (χ1) is 12.6. The van der Waals surface area contributed by atoms with Crippen LogP contribution in [0.25, 0.3) is 10.9 Å². The minimum Gasteiger partial charge on any atom is -0.497 e. The Morgan fingerprint density at radius 2 is 1.85 bits per heavy atom. The number of nitrogens with two attached hydrogens (primary N) is 1. The van der Waals surface area contributed by atoms with Crippen LogP contribution in [0.2, 0.25) is 0 Å². The van der Waals surface area contributed by atoms with Crippen molar-refractivity contribution >= 4 is 38.3 Å². The molecular formula is C20H20BrN3O2. The lowest BCUT2D eigenvalue weighted by Gasteiger charge is -2.20. The molecule has 0 saturated heterocycles. The van der Waals surface area contributed by atoms with E-state index in [1.807, 2.05) is 36.4 Å². The molecule has 0 saturated carbocycles. The highest BCUT2D eigenvalue weighted by atomic mass is 79.9. The number of nitrogens with zero attached hydrogens (tertiary/aromatic N) is 2. The number of rotatable bonds is 4. The number of hydrogen-bond donors (Lipinski definition) is 1. The number of fused-ring (bicyclic) bond motifs is 2. The van der Waals surface area contributed by atoms with Crippen molar-refractivity contribution in [2.75, 3.05) is 31.4 Å². The maximum Gasteiger partial charge on any atom is 0.134 e. The van der Waals surface area contributed by atoms with Crippen molar-refractivity contribution in [2.24, 2.45) is 0 Å². The van der Waals surface area contributed by atoms with Crippen LogP contribution < -0.4 is 20.1 Å². The van der Waals surface area contributed by atoms with Crippen molar-refractivity contribution in [3.63, 3.8) is 0 Å². The minimum absolute atomic E-state index is 0.731. The fourth-order valence-corrected chi connectivity index (χ4v) is 3.84. The molecule has 26 heavy (non-hydrogen) atoms. The summed E-state index contributed by atoms with van der Waals surface area (Å²) in [5, 5.41) is 1.00. The molecule has 4 rings (SSSR count). The van der Waals surface area contributed by atoms with E-state index in [0.717, 1.165) is 69.0 Å². The molecule has 0 fully saturated rings. The average molecular weight is 414 g/mol. The fourth-order valence-electron chi connectivity index (χ4n) is 3.48. The molecule has 0 unspecified atom stereocenters. The first kappa shape index (κ1) is 17.0. The summed E-state index contributed by atoms with van der Waals surface area (Å²) in [6.45, 7) is 1.62.